The molecule has 0 aliphatic rings. The highest BCUT2D eigenvalue weighted by Gasteiger charge is 2.21. The summed E-state index contributed by atoms with van der Waals surface area (Å²) in [7, 11) is -0.555. The molecule has 0 atom stereocenters. The number of carbonyl (C=O) groups excluding carboxylic acids is 1. The average molecular weight is 437 g/mol. The fraction of sp³-hybridized carbons (Fsp3) is 0.409. The number of likely N-dealkylation sites (N-methyl/N-ethyl adjacent to an activating group) is 1. The van der Waals surface area contributed by atoms with Crippen LogP contribution in [0.15, 0.2) is 47.4 Å². The lowest BCUT2D eigenvalue weighted by Gasteiger charge is -2.20. The van der Waals surface area contributed by atoms with E-state index in [1.807, 2.05) is 26.0 Å². The quantitative estimate of drug-likeness (QED) is 0.573. The normalized spacial score (nSPS) is 11.5. The fourth-order valence-corrected chi connectivity index (χ4v) is 4.20. The third-order valence-corrected chi connectivity index (χ3v) is 6.57. The van der Waals surface area contributed by atoms with E-state index >= 15 is 0 Å². The zero-order valence-electron chi connectivity index (χ0n) is 17.9. The Morgan fingerprint density at radius 3 is 2.20 bits per heavy atom. The van der Waals surface area contributed by atoms with Gasteiger partial charge in [0.2, 0.25) is 15.9 Å². The molecule has 0 heterocycles. The lowest BCUT2D eigenvalue weighted by Crippen LogP contribution is -2.32. The van der Waals surface area contributed by atoms with Crippen LogP contribution in [0, 0.1) is 19.7 Å². The Morgan fingerprint density at radius 1 is 1.00 bits per heavy atom. The van der Waals surface area contributed by atoms with Gasteiger partial charge in [0.05, 0.1) is 11.4 Å². The molecule has 0 aliphatic carbocycles. The van der Waals surface area contributed by atoms with Crippen LogP contribution in [0.3, 0.4) is 0 Å². The molecule has 0 aliphatic heterocycles. The first-order valence-electron chi connectivity index (χ1n) is 9.76. The Hall–Kier alpha value is -2.45. The largest absolute Gasteiger partial charge is 0.492 e. The summed E-state index contributed by atoms with van der Waals surface area (Å²) in [6.07, 6.45) is 0.612. The first-order chi connectivity index (χ1) is 14.1. The van der Waals surface area contributed by atoms with E-state index in [4.69, 9.17) is 4.74 Å². The third kappa shape index (κ3) is 6.81. The molecule has 0 N–H and O–H groups in total. The lowest BCUT2D eigenvalue weighted by molar-refractivity contribution is -0.130. The zero-order valence-corrected chi connectivity index (χ0v) is 18.7. The number of hydrogen-bond donors (Lipinski definition) is 0. The fourth-order valence-electron chi connectivity index (χ4n) is 2.99. The molecule has 0 bridgehead atoms. The second-order valence-electron chi connectivity index (χ2n) is 7.37. The maximum atomic E-state index is 13.0. The van der Waals surface area contributed by atoms with Crippen molar-refractivity contribution in [3.63, 3.8) is 0 Å². The predicted molar refractivity (Wildman–Crippen MR) is 114 cm³/mol. The number of benzene rings is 2. The maximum absolute atomic E-state index is 13.0. The molecule has 0 aromatic heterocycles. The number of aryl methyl sites for hydroxylation is 2. The highest BCUT2D eigenvalue weighted by atomic mass is 32.2. The van der Waals surface area contributed by atoms with Gasteiger partial charge in [-0.1, -0.05) is 6.07 Å². The number of ether oxygens (including phenoxy) is 1. The standard InChI is InChI=1S/C22H29FN2O4S/c1-17-14-18(2)16-20(15-17)29-13-12-24(3)22(26)6-5-11-25(4)30(27,28)21-9-7-19(23)8-10-21/h7-10,14-16H,5-6,11-13H2,1-4H3. The van der Waals surface area contributed by atoms with Gasteiger partial charge in [-0.05, 0) is 67.8 Å². The molecule has 0 radical (unpaired) electrons. The lowest BCUT2D eigenvalue weighted by atomic mass is 10.1. The molecule has 164 valence electrons. The zero-order chi connectivity index (χ0) is 22.3. The molecule has 0 fully saturated rings. The number of hydrogen-bond acceptors (Lipinski definition) is 4. The number of carbonyl (C=O) groups is 1. The Kier molecular flexibility index (Phi) is 8.37. The van der Waals surface area contributed by atoms with Gasteiger partial charge in [0.25, 0.3) is 0 Å². The SMILES string of the molecule is Cc1cc(C)cc(OCCN(C)C(=O)CCCN(C)S(=O)(=O)c2ccc(F)cc2)c1. The molecule has 8 heteroatoms. The minimum atomic E-state index is -3.70. The van der Waals surface area contributed by atoms with Crippen LogP contribution in [0.1, 0.15) is 24.0 Å². The Morgan fingerprint density at radius 2 is 1.60 bits per heavy atom. The molecule has 30 heavy (non-hydrogen) atoms. The van der Waals surface area contributed by atoms with Crippen molar-refractivity contribution < 1.29 is 22.3 Å². The van der Waals surface area contributed by atoms with E-state index in [1.165, 1.54) is 23.5 Å². The van der Waals surface area contributed by atoms with Crippen molar-refractivity contribution in [1.82, 2.24) is 9.21 Å². The topological polar surface area (TPSA) is 66.9 Å². The first-order valence-corrected chi connectivity index (χ1v) is 11.2. The molecule has 2 aromatic carbocycles. The minimum absolute atomic E-state index is 0.0263. The number of sulfonamides is 1. The van der Waals surface area contributed by atoms with Gasteiger partial charge in [0.15, 0.2) is 0 Å². The Labute approximate surface area is 178 Å². The van der Waals surface area contributed by atoms with Crippen molar-refractivity contribution in [3.8, 4) is 5.75 Å². The third-order valence-electron chi connectivity index (χ3n) is 4.70. The molecule has 6 nitrogen and oxygen atoms in total. The second kappa shape index (κ2) is 10.5. The summed E-state index contributed by atoms with van der Waals surface area (Å²) in [5.74, 6) is 0.208. The minimum Gasteiger partial charge on any atom is -0.492 e. The van der Waals surface area contributed by atoms with Crippen molar-refractivity contribution >= 4 is 15.9 Å². The van der Waals surface area contributed by atoms with E-state index in [2.05, 4.69) is 6.07 Å². The van der Waals surface area contributed by atoms with Crippen molar-refractivity contribution in [2.45, 2.75) is 31.6 Å². The number of amides is 1. The van der Waals surface area contributed by atoms with E-state index in [0.717, 1.165) is 29.0 Å². The van der Waals surface area contributed by atoms with Gasteiger partial charge in [-0.2, -0.15) is 0 Å². The van der Waals surface area contributed by atoms with Crippen LogP contribution >= 0.6 is 0 Å². The predicted octanol–water partition coefficient (Wildman–Crippen LogP) is 3.38. The van der Waals surface area contributed by atoms with E-state index in [-0.39, 0.29) is 23.8 Å². The Bertz CT molecular complexity index is 941. The van der Waals surface area contributed by atoms with Gasteiger partial charge < -0.3 is 9.64 Å². The molecule has 0 saturated carbocycles. The molecular weight excluding hydrogens is 407 g/mol. The number of halogens is 1. The van der Waals surface area contributed by atoms with Crippen molar-refractivity contribution in [2.75, 3.05) is 33.8 Å². The van der Waals surface area contributed by atoms with E-state index in [1.54, 1.807) is 11.9 Å². The van der Waals surface area contributed by atoms with Crippen LogP contribution in [-0.2, 0) is 14.8 Å². The van der Waals surface area contributed by atoms with Gasteiger partial charge in [0.1, 0.15) is 18.2 Å². The first kappa shape index (κ1) is 23.8. The maximum Gasteiger partial charge on any atom is 0.242 e. The van der Waals surface area contributed by atoms with Gasteiger partial charge >= 0.3 is 0 Å². The number of rotatable bonds is 10. The second-order valence-corrected chi connectivity index (χ2v) is 9.42. The molecule has 0 unspecified atom stereocenters. The van der Waals surface area contributed by atoms with E-state index < -0.39 is 15.8 Å². The van der Waals surface area contributed by atoms with Crippen LogP contribution in [0.2, 0.25) is 0 Å². The Balaban J connectivity index is 1.75. The average Bonchev–Trinajstić information content (AvgIpc) is 2.67. The molecule has 0 saturated heterocycles. The van der Waals surface area contributed by atoms with Crippen LogP contribution in [-0.4, -0.2) is 57.3 Å². The highest BCUT2D eigenvalue weighted by molar-refractivity contribution is 7.89. The van der Waals surface area contributed by atoms with Gasteiger partial charge in [0, 0.05) is 27.1 Å². The summed E-state index contributed by atoms with van der Waals surface area (Å²) in [6, 6.07) is 10.7. The van der Waals surface area contributed by atoms with Gasteiger partial charge in [-0.25, -0.2) is 17.1 Å². The van der Waals surface area contributed by atoms with Crippen LogP contribution in [0.4, 0.5) is 4.39 Å². The summed E-state index contributed by atoms with van der Waals surface area (Å²) < 4.78 is 44.8. The summed E-state index contributed by atoms with van der Waals surface area (Å²) in [5.41, 5.74) is 2.24. The molecular formula is C22H29FN2O4S. The molecule has 2 rings (SSSR count). The smallest absolute Gasteiger partial charge is 0.242 e. The summed E-state index contributed by atoms with van der Waals surface area (Å²) in [4.78, 5) is 13.9. The van der Waals surface area contributed by atoms with E-state index in [0.29, 0.717) is 19.6 Å². The van der Waals surface area contributed by atoms with Crippen molar-refractivity contribution in [1.29, 1.82) is 0 Å². The van der Waals surface area contributed by atoms with Crippen LogP contribution in [0.5, 0.6) is 5.75 Å². The van der Waals surface area contributed by atoms with Gasteiger partial charge in [-0.15, -0.1) is 0 Å². The van der Waals surface area contributed by atoms with Crippen LogP contribution in [0.25, 0.3) is 0 Å². The summed E-state index contributed by atoms with van der Waals surface area (Å²) in [6.45, 7) is 5.02. The summed E-state index contributed by atoms with van der Waals surface area (Å²) >= 11 is 0. The molecule has 1 amide bonds. The van der Waals surface area contributed by atoms with Crippen LogP contribution < -0.4 is 4.74 Å². The van der Waals surface area contributed by atoms with E-state index in [9.17, 15) is 17.6 Å². The molecule has 2 aromatic rings. The van der Waals surface area contributed by atoms with Crippen molar-refractivity contribution in [3.05, 3.63) is 59.4 Å². The number of nitrogens with zero attached hydrogens (tertiary/aromatic N) is 2. The molecule has 0 spiro atoms. The summed E-state index contributed by atoms with van der Waals surface area (Å²) in [5, 5.41) is 0. The van der Waals surface area contributed by atoms with Gasteiger partial charge in [-0.3, -0.25) is 4.79 Å². The monoisotopic (exact) mass is 436 g/mol. The van der Waals surface area contributed by atoms with Crippen molar-refractivity contribution in [2.24, 2.45) is 0 Å². The highest BCUT2D eigenvalue weighted by Crippen LogP contribution is 2.17.